The Morgan fingerprint density at radius 2 is 1.78 bits per heavy atom. The smallest absolute Gasteiger partial charge is 0.192 e. The van der Waals surface area contributed by atoms with E-state index in [2.05, 4.69) is 55.9 Å². The summed E-state index contributed by atoms with van der Waals surface area (Å²) in [6, 6.07) is 0. The predicted octanol–water partition coefficient (Wildman–Crippen LogP) is 5.08. The molecular formula is C28H50ClN3O4Si. The van der Waals surface area contributed by atoms with E-state index in [1.807, 2.05) is 0 Å². The summed E-state index contributed by atoms with van der Waals surface area (Å²) in [5.41, 5.74) is 1.10. The molecule has 1 aliphatic carbocycles. The zero-order chi connectivity index (χ0) is 26.4. The summed E-state index contributed by atoms with van der Waals surface area (Å²) in [6.45, 7) is 19.1. The fraction of sp³-hybridized carbons (Fsp3) is 0.929. The van der Waals surface area contributed by atoms with Crippen LogP contribution in [0.2, 0.25) is 18.1 Å². The first-order chi connectivity index (χ1) is 17.5. The Balaban J connectivity index is 1.17. The maximum atomic E-state index is 6.84. The summed E-state index contributed by atoms with van der Waals surface area (Å²) < 4.78 is 24.7. The van der Waals surface area contributed by atoms with Gasteiger partial charge in [0, 0.05) is 19.7 Å². The van der Waals surface area contributed by atoms with Crippen molar-refractivity contribution < 1.29 is 18.6 Å². The number of hydrogen-bond donors (Lipinski definition) is 1. The van der Waals surface area contributed by atoms with E-state index in [-0.39, 0.29) is 23.6 Å². The molecule has 212 valence electrons. The lowest BCUT2D eigenvalue weighted by Gasteiger charge is -2.43. The molecule has 0 aromatic heterocycles. The summed E-state index contributed by atoms with van der Waals surface area (Å²) >= 11 is 6.84. The molecule has 0 bridgehead atoms. The Kier molecular flexibility index (Phi) is 8.58. The van der Waals surface area contributed by atoms with Crippen LogP contribution in [-0.2, 0) is 18.6 Å². The van der Waals surface area contributed by atoms with E-state index >= 15 is 0 Å². The van der Waals surface area contributed by atoms with E-state index < -0.39 is 8.32 Å². The van der Waals surface area contributed by atoms with Gasteiger partial charge in [-0.1, -0.05) is 38.8 Å². The molecule has 0 radical (unpaired) electrons. The van der Waals surface area contributed by atoms with E-state index in [1.54, 1.807) is 0 Å². The van der Waals surface area contributed by atoms with Crippen LogP contribution in [0.3, 0.4) is 0 Å². The van der Waals surface area contributed by atoms with Gasteiger partial charge in [0.05, 0.1) is 30.6 Å². The quantitative estimate of drug-likeness (QED) is 0.331. The average Bonchev–Trinajstić information content (AvgIpc) is 3.32. The number of rotatable bonds is 8. The summed E-state index contributed by atoms with van der Waals surface area (Å²) in [5, 5.41) is 4.53. The minimum absolute atomic E-state index is 0.0400. The minimum Gasteiger partial charge on any atom is -0.411 e. The molecule has 4 fully saturated rings. The van der Waals surface area contributed by atoms with Gasteiger partial charge < -0.3 is 28.9 Å². The van der Waals surface area contributed by atoms with Crippen LogP contribution in [0.15, 0.2) is 10.9 Å². The zero-order valence-corrected chi connectivity index (χ0v) is 25.7. The number of halogens is 1. The number of nitrogens with one attached hydrogen (secondary N) is 1. The van der Waals surface area contributed by atoms with Crippen molar-refractivity contribution in [2.45, 2.75) is 115 Å². The molecule has 3 saturated heterocycles. The van der Waals surface area contributed by atoms with Crippen LogP contribution in [0, 0.1) is 11.8 Å². The number of ether oxygens (including phenoxy) is 3. The molecule has 0 amide bonds. The van der Waals surface area contributed by atoms with E-state index in [1.165, 1.54) is 25.7 Å². The van der Waals surface area contributed by atoms with Crippen molar-refractivity contribution in [1.82, 2.24) is 15.1 Å². The number of likely N-dealkylation sites (tertiary alicyclic amines) is 1. The van der Waals surface area contributed by atoms with Crippen LogP contribution >= 0.6 is 11.6 Å². The molecule has 37 heavy (non-hydrogen) atoms. The SMILES string of the molecule is C[C@@H]1OC2CCCC(C3CCN(CC4NC(Cl)=C(CO[Si](C)(C)C(C)(C)C)N4C[C@@H]4CCO4)CC3)C2O1. The van der Waals surface area contributed by atoms with E-state index in [4.69, 9.17) is 30.2 Å². The van der Waals surface area contributed by atoms with E-state index in [0.29, 0.717) is 24.7 Å². The highest BCUT2D eigenvalue weighted by molar-refractivity contribution is 6.74. The van der Waals surface area contributed by atoms with Gasteiger partial charge in [0.2, 0.25) is 0 Å². The van der Waals surface area contributed by atoms with Crippen LogP contribution in [0.1, 0.15) is 66.2 Å². The molecule has 4 heterocycles. The normalized spacial score (nSPS) is 36.0. The molecule has 4 aliphatic heterocycles. The molecule has 5 aliphatic rings. The second kappa shape index (κ2) is 11.3. The Bertz CT molecular complexity index is 825. The third-order valence-corrected chi connectivity index (χ3v) is 14.8. The van der Waals surface area contributed by atoms with Gasteiger partial charge in [0.1, 0.15) is 11.3 Å². The summed E-state index contributed by atoms with van der Waals surface area (Å²) in [5.74, 6) is 1.39. The second-order valence-corrected chi connectivity index (χ2v) is 18.7. The number of hydrogen-bond acceptors (Lipinski definition) is 7. The predicted molar refractivity (Wildman–Crippen MR) is 150 cm³/mol. The van der Waals surface area contributed by atoms with Gasteiger partial charge in [-0.3, -0.25) is 4.90 Å². The first-order valence-corrected chi connectivity index (χ1v) is 18.0. The van der Waals surface area contributed by atoms with E-state index in [0.717, 1.165) is 62.4 Å². The van der Waals surface area contributed by atoms with Crippen molar-refractivity contribution in [2.75, 3.05) is 39.4 Å². The van der Waals surface area contributed by atoms with Crippen molar-refractivity contribution >= 4 is 19.9 Å². The third kappa shape index (κ3) is 6.20. The topological polar surface area (TPSA) is 55.4 Å². The molecule has 4 unspecified atom stereocenters. The summed E-state index contributed by atoms with van der Waals surface area (Å²) in [7, 11) is -1.88. The number of fused-ring (bicyclic) bond motifs is 1. The lowest BCUT2D eigenvalue weighted by atomic mass is 9.73. The van der Waals surface area contributed by atoms with Crippen molar-refractivity contribution in [1.29, 1.82) is 0 Å². The van der Waals surface area contributed by atoms with Crippen LogP contribution in [0.5, 0.6) is 0 Å². The molecular weight excluding hydrogens is 506 g/mol. The van der Waals surface area contributed by atoms with Gasteiger partial charge in [-0.25, -0.2) is 0 Å². The monoisotopic (exact) mass is 555 g/mol. The van der Waals surface area contributed by atoms with Gasteiger partial charge in [0.15, 0.2) is 14.6 Å². The minimum atomic E-state index is -1.88. The lowest BCUT2D eigenvalue weighted by molar-refractivity contribution is -0.0696. The molecule has 7 nitrogen and oxygen atoms in total. The Hall–Kier alpha value is -0.353. The van der Waals surface area contributed by atoms with Crippen molar-refractivity contribution in [3.05, 3.63) is 10.9 Å². The van der Waals surface area contributed by atoms with Crippen molar-refractivity contribution in [3.63, 3.8) is 0 Å². The molecule has 0 spiro atoms. The Labute approximate surface area is 230 Å². The Morgan fingerprint density at radius 1 is 1.05 bits per heavy atom. The Morgan fingerprint density at radius 3 is 2.43 bits per heavy atom. The molecule has 0 aromatic rings. The van der Waals surface area contributed by atoms with Gasteiger partial charge in [-0.15, -0.1) is 0 Å². The number of nitrogens with zero attached hydrogens (tertiary/aromatic N) is 2. The van der Waals surface area contributed by atoms with Crippen LogP contribution < -0.4 is 5.32 Å². The van der Waals surface area contributed by atoms with E-state index in [9.17, 15) is 0 Å². The highest BCUT2D eigenvalue weighted by Crippen LogP contribution is 2.42. The molecule has 9 heteroatoms. The highest BCUT2D eigenvalue weighted by atomic mass is 35.5. The maximum absolute atomic E-state index is 6.84. The molecule has 0 aromatic carbocycles. The maximum Gasteiger partial charge on any atom is 0.192 e. The van der Waals surface area contributed by atoms with Crippen molar-refractivity contribution in [3.8, 4) is 0 Å². The first-order valence-electron chi connectivity index (χ1n) is 14.7. The van der Waals surface area contributed by atoms with Crippen LogP contribution in [0.25, 0.3) is 0 Å². The number of piperidine rings is 1. The second-order valence-electron chi connectivity index (χ2n) is 13.5. The average molecular weight is 556 g/mol. The van der Waals surface area contributed by atoms with Crippen LogP contribution in [0.4, 0.5) is 0 Å². The molecule has 5 rings (SSSR count). The van der Waals surface area contributed by atoms with Crippen LogP contribution in [-0.4, -0.2) is 88.3 Å². The first kappa shape index (κ1) is 28.2. The molecule has 6 atom stereocenters. The summed E-state index contributed by atoms with van der Waals surface area (Å²) in [6.07, 6.45) is 8.37. The van der Waals surface area contributed by atoms with Gasteiger partial charge >= 0.3 is 0 Å². The standard InChI is InChI=1S/C28H50ClN3O4Si/c1-19-35-24-9-7-8-22(26(24)36-19)20-10-13-31(14-11-20)17-25-30-27(29)23(32(25)16-21-12-15-33-21)18-34-37(5,6)28(2,3)4/h19-22,24-26,30H,7-18H2,1-6H3/t19-,21+,22?,24?,25?,26?/m1/s1. The lowest BCUT2D eigenvalue weighted by Crippen LogP contribution is -2.52. The van der Waals surface area contributed by atoms with Gasteiger partial charge in [-0.2, -0.15) is 0 Å². The molecule has 1 saturated carbocycles. The zero-order valence-electron chi connectivity index (χ0n) is 23.9. The van der Waals surface area contributed by atoms with Gasteiger partial charge in [0.25, 0.3) is 0 Å². The largest absolute Gasteiger partial charge is 0.411 e. The summed E-state index contributed by atoms with van der Waals surface area (Å²) in [4.78, 5) is 5.07. The highest BCUT2D eigenvalue weighted by Gasteiger charge is 2.45. The fourth-order valence-electron chi connectivity index (χ4n) is 6.57. The molecule has 1 N–H and O–H groups in total. The fourth-order valence-corrected chi connectivity index (χ4v) is 7.79. The van der Waals surface area contributed by atoms with Crippen molar-refractivity contribution in [2.24, 2.45) is 11.8 Å². The van der Waals surface area contributed by atoms with Gasteiger partial charge in [-0.05, 0) is 82.1 Å². The third-order valence-electron chi connectivity index (χ3n) is 10.0.